The quantitative estimate of drug-likeness (QED) is 0.336. The van der Waals surface area contributed by atoms with E-state index in [0.29, 0.717) is 18.7 Å². The molecule has 0 unspecified atom stereocenters. The summed E-state index contributed by atoms with van der Waals surface area (Å²) in [4.78, 5) is 7.82. The predicted molar refractivity (Wildman–Crippen MR) is 61.3 cm³/mol. The van der Waals surface area contributed by atoms with Crippen molar-refractivity contribution in [3.63, 3.8) is 0 Å². The van der Waals surface area contributed by atoms with Crippen LogP contribution in [-0.2, 0) is 0 Å². The average Bonchev–Trinajstić information content (AvgIpc) is 2.21. The molecule has 0 aliphatic rings. The molecule has 6 nitrogen and oxygen atoms in total. The van der Waals surface area contributed by atoms with Crippen LogP contribution < -0.4 is 16.1 Å². The summed E-state index contributed by atoms with van der Waals surface area (Å²) < 4.78 is 5.23. The van der Waals surface area contributed by atoms with Crippen LogP contribution in [-0.4, -0.2) is 33.7 Å². The zero-order chi connectivity index (χ0) is 12.1. The maximum absolute atomic E-state index is 9.03. The Morgan fingerprint density at radius 1 is 1.50 bits per heavy atom. The molecule has 0 aliphatic carbocycles. The fourth-order valence-electron chi connectivity index (χ4n) is 1.12. The first-order chi connectivity index (χ1) is 7.56. The van der Waals surface area contributed by atoms with Gasteiger partial charge in [0.15, 0.2) is 5.82 Å². The molecular weight excluding hydrogens is 209 g/mol. The van der Waals surface area contributed by atoms with Gasteiger partial charge in [-0.1, -0.05) is 6.08 Å². The number of anilines is 1. The van der Waals surface area contributed by atoms with Crippen LogP contribution in [0.3, 0.4) is 0 Å². The van der Waals surface area contributed by atoms with Gasteiger partial charge < -0.3 is 20.5 Å². The molecule has 0 bridgehead atoms. The summed E-state index contributed by atoms with van der Waals surface area (Å²) in [6, 6.07) is 0. The second kappa shape index (κ2) is 5.48. The van der Waals surface area contributed by atoms with Gasteiger partial charge in [0, 0.05) is 0 Å². The molecule has 1 heterocycles. The van der Waals surface area contributed by atoms with Crippen LogP contribution in [0.2, 0.25) is 0 Å². The molecule has 1 aromatic heterocycles. The van der Waals surface area contributed by atoms with Crippen LogP contribution in [0.1, 0.15) is 12.1 Å². The van der Waals surface area contributed by atoms with Gasteiger partial charge in [-0.15, -0.1) is 6.58 Å². The molecule has 16 heavy (non-hydrogen) atoms. The number of ether oxygens (including phenoxy) is 1. The molecule has 0 spiro atoms. The minimum absolute atomic E-state index is 0.0443. The number of nitrogen functional groups attached to an aromatic ring is 1. The summed E-state index contributed by atoms with van der Waals surface area (Å²) in [5.41, 5.74) is 5.99. The third kappa shape index (κ3) is 2.95. The number of hydrogen-bond acceptors (Lipinski definition) is 6. The van der Waals surface area contributed by atoms with Crippen LogP contribution in [0.25, 0.3) is 0 Å². The number of aromatic nitrogens is 2. The third-order valence-electron chi connectivity index (χ3n) is 1.91. The van der Waals surface area contributed by atoms with E-state index >= 15 is 0 Å². The van der Waals surface area contributed by atoms with Gasteiger partial charge in [-0.2, -0.15) is 0 Å². The standard InChI is InChI=1S/C9H14BN3O3/c1-3-4-5-16-9-8(11)12-6(2)7(13-9)10(14)15/h3,14-15H,1,4-5H2,2H3,(H2,11,12). The van der Waals surface area contributed by atoms with Gasteiger partial charge in [0.1, 0.15) is 0 Å². The van der Waals surface area contributed by atoms with Crippen LogP contribution in [0.15, 0.2) is 12.7 Å². The smallest absolute Gasteiger partial charge is 0.475 e. The predicted octanol–water partition coefficient (Wildman–Crippen LogP) is -0.998. The summed E-state index contributed by atoms with van der Waals surface area (Å²) in [5, 5.41) is 18.1. The van der Waals surface area contributed by atoms with Gasteiger partial charge in [-0.3, -0.25) is 0 Å². The van der Waals surface area contributed by atoms with E-state index in [1.165, 1.54) is 0 Å². The second-order valence-corrected chi connectivity index (χ2v) is 3.18. The van der Waals surface area contributed by atoms with Gasteiger partial charge >= 0.3 is 7.12 Å². The highest BCUT2D eigenvalue weighted by atomic mass is 16.5. The van der Waals surface area contributed by atoms with E-state index in [1.54, 1.807) is 13.0 Å². The Kier molecular flexibility index (Phi) is 4.27. The summed E-state index contributed by atoms with van der Waals surface area (Å²) >= 11 is 0. The highest BCUT2D eigenvalue weighted by Gasteiger charge is 2.20. The maximum atomic E-state index is 9.03. The van der Waals surface area contributed by atoms with Crippen molar-refractivity contribution in [2.75, 3.05) is 12.3 Å². The van der Waals surface area contributed by atoms with Gasteiger partial charge in [-0.25, -0.2) is 9.97 Å². The van der Waals surface area contributed by atoms with Gasteiger partial charge in [0.25, 0.3) is 5.88 Å². The van der Waals surface area contributed by atoms with Crippen LogP contribution in [0.4, 0.5) is 5.82 Å². The van der Waals surface area contributed by atoms with E-state index in [-0.39, 0.29) is 17.3 Å². The number of nitrogens with two attached hydrogens (primary N) is 1. The maximum Gasteiger partial charge on any atom is 0.510 e. The normalized spacial score (nSPS) is 9.94. The third-order valence-corrected chi connectivity index (χ3v) is 1.91. The summed E-state index contributed by atoms with van der Waals surface area (Å²) in [5.74, 6) is 0.238. The molecule has 1 aromatic rings. The Hall–Kier alpha value is -1.60. The summed E-state index contributed by atoms with van der Waals surface area (Å²) in [6.07, 6.45) is 2.34. The average molecular weight is 223 g/mol. The van der Waals surface area contributed by atoms with E-state index in [9.17, 15) is 0 Å². The Morgan fingerprint density at radius 3 is 2.75 bits per heavy atom. The summed E-state index contributed by atoms with van der Waals surface area (Å²) in [6.45, 7) is 5.50. The lowest BCUT2D eigenvalue weighted by Gasteiger charge is -2.09. The highest BCUT2D eigenvalue weighted by Crippen LogP contribution is 2.14. The first kappa shape index (κ1) is 12.5. The Morgan fingerprint density at radius 2 is 2.19 bits per heavy atom. The second-order valence-electron chi connectivity index (χ2n) is 3.18. The first-order valence-corrected chi connectivity index (χ1v) is 4.80. The molecule has 0 radical (unpaired) electrons. The molecule has 0 saturated carbocycles. The number of nitrogens with zero attached hydrogens (tertiary/aromatic N) is 2. The lowest BCUT2D eigenvalue weighted by Crippen LogP contribution is -2.36. The Balaban J connectivity index is 2.91. The van der Waals surface area contributed by atoms with Crippen molar-refractivity contribution in [3.8, 4) is 5.88 Å². The molecule has 0 amide bonds. The molecule has 0 atom stereocenters. The van der Waals surface area contributed by atoms with Crippen molar-refractivity contribution < 1.29 is 14.8 Å². The lowest BCUT2D eigenvalue weighted by atomic mass is 9.84. The molecular formula is C9H14BN3O3. The zero-order valence-electron chi connectivity index (χ0n) is 9.05. The van der Waals surface area contributed by atoms with E-state index in [0.717, 1.165) is 0 Å². The molecule has 0 aromatic carbocycles. The van der Waals surface area contributed by atoms with Crippen LogP contribution >= 0.6 is 0 Å². The van der Waals surface area contributed by atoms with Crippen molar-refractivity contribution >= 4 is 18.5 Å². The molecule has 0 saturated heterocycles. The van der Waals surface area contributed by atoms with Crippen molar-refractivity contribution in [1.82, 2.24) is 9.97 Å². The Labute approximate surface area is 93.9 Å². The first-order valence-electron chi connectivity index (χ1n) is 4.80. The number of aryl methyl sites for hydroxylation is 1. The van der Waals surface area contributed by atoms with Crippen molar-refractivity contribution in [1.29, 1.82) is 0 Å². The number of rotatable bonds is 5. The molecule has 7 heteroatoms. The van der Waals surface area contributed by atoms with Crippen molar-refractivity contribution in [2.45, 2.75) is 13.3 Å². The van der Waals surface area contributed by atoms with Crippen LogP contribution in [0.5, 0.6) is 5.88 Å². The fraction of sp³-hybridized carbons (Fsp3) is 0.333. The van der Waals surface area contributed by atoms with Gasteiger partial charge in [0.05, 0.1) is 17.9 Å². The topological polar surface area (TPSA) is 101 Å². The molecule has 86 valence electrons. The van der Waals surface area contributed by atoms with Crippen LogP contribution in [0, 0.1) is 6.92 Å². The fourth-order valence-corrected chi connectivity index (χ4v) is 1.12. The van der Waals surface area contributed by atoms with E-state index in [2.05, 4.69) is 16.5 Å². The van der Waals surface area contributed by atoms with E-state index in [1.807, 2.05) is 0 Å². The van der Waals surface area contributed by atoms with Crippen molar-refractivity contribution in [3.05, 3.63) is 18.3 Å². The number of hydrogen-bond donors (Lipinski definition) is 3. The van der Waals surface area contributed by atoms with Gasteiger partial charge in [0.2, 0.25) is 0 Å². The Bertz CT molecular complexity index is 385. The molecule has 0 aliphatic heterocycles. The zero-order valence-corrected chi connectivity index (χ0v) is 9.05. The lowest BCUT2D eigenvalue weighted by molar-refractivity contribution is 0.313. The van der Waals surface area contributed by atoms with E-state index in [4.69, 9.17) is 20.5 Å². The van der Waals surface area contributed by atoms with Crippen molar-refractivity contribution in [2.24, 2.45) is 0 Å². The van der Waals surface area contributed by atoms with Gasteiger partial charge in [-0.05, 0) is 13.3 Å². The molecule has 1 rings (SSSR count). The highest BCUT2D eigenvalue weighted by molar-refractivity contribution is 6.58. The largest absolute Gasteiger partial charge is 0.510 e. The monoisotopic (exact) mass is 223 g/mol. The summed E-state index contributed by atoms with van der Waals surface area (Å²) in [7, 11) is -1.69. The SMILES string of the molecule is C=CCCOc1nc(B(O)O)c(C)nc1N. The van der Waals surface area contributed by atoms with E-state index < -0.39 is 7.12 Å². The minimum atomic E-state index is -1.69. The molecule has 4 N–H and O–H groups in total. The molecule has 0 fully saturated rings. The minimum Gasteiger partial charge on any atom is -0.475 e.